The molecule has 2 fully saturated rings. The first kappa shape index (κ1) is 19.9. The minimum atomic E-state index is -0.647. The maximum Gasteiger partial charge on any atom is 0.286 e. The SMILES string of the molecule is CC(C)C[C@H](NC(=O)C1CCCCC1)C(=O)c1nnc(CC2OCCO2)o1. The molecule has 1 aliphatic heterocycles. The molecule has 1 aromatic rings. The number of aromatic nitrogens is 2. The fraction of sp³-hybridized carbons (Fsp3) is 0.789. The average molecular weight is 379 g/mol. The van der Waals surface area contributed by atoms with E-state index in [-0.39, 0.29) is 29.4 Å². The van der Waals surface area contributed by atoms with E-state index in [2.05, 4.69) is 15.5 Å². The van der Waals surface area contributed by atoms with Gasteiger partial charge in [-0.1, -0.05) is 33.1 Å². The number of carbonyl (C=O) groups is 2. The van der Waals surface area contributed by atoms with E-state index in [0.717, 1.165) is 25.7 Å². The van der Waals surface area contributed by atoms with Crippen LogP contribution in [0.15, 0.2) is 4.42 Å². The van der Waals surface area contributed by atoms with E-state index in [1.165, 1.54) is 6.42 Å². The van der Waals surface area contributed by atoms with Crippen LogP contribution in [0.5, 0.6) is 0 Å². The number of amides is 1. The third-order valence-corrected chi connectivity index (χ3v) is 5.03. The number of ketones is 1. The molecule has 0 aromatic carbocycles. The van der Waals surface area contributed by atoms with Crippen molar-refractivity contribution < 1.29 is 23.5 Å². The molecule has 8 nitrogen and oxygen atoms in total. The van der Waals surface area contributed by atoms with Gasteiger partial charge in [-0.3, -0.25) is 9.59 Å². The van der Waals surface area contributed by atoms with Crippen molar-refractivity contribution in [3.63, 3.8) is 0 Å². The maximum atomic E-state index is 12.9. The number of ether oxygens (including phenoxy) is 2. The molecule has 150 valence electrons. The molecule has 27 heavy (non-hydrogen) atoms. The van der Waals surface area contributed by atoms with Crippen molar-refractivity contribution in [3.05, 3.63) is 11.8 Å². The van der Waals surface area contributed by atoms with Gasteiger partial charge in [-0.05, 0) is 25.2 Å². The molecule has 8 heteroatoms. The fourth-order valence-electron chi connectivity index (χ4n) is 3.61. The first-order chi connectivity index (χ1) is 13.0. The van der Waals surface area contributed by atoms with Crippen LogP contribution in [0.3, 0.4) is 0 Å². The van der Waals surface area contributed by atoms with Crippen LogP contribution in [0.25, 0.3) is 0 Å². The smallest absolute Gasteiger partial charge is 0.286 e. The molecule has 2 heterocycles. The van der Waals surface area contributed by atoms with E-state index in [1.807, 2.05) is 13.8 Å². The Hall–Kier alpha value is -1.80. The van der Waals surface area contributed by atoms with Gasteiger partial charge >= 0.3 is 0 Å². The Kier molecular flexibility index (Phi) is 6.95. The Morgan fingerprint density at radius 1 is 1.11 bits per heavy atom. The minimum Gasteiger partial charge on any atom is -0.418 e. The topological polar surface area (TPSA) is 104 Å². The van der Waals surface area contributed by atoms with Crippen molar-refractivity contribution in [2.24, 2.45) is 11.8 Å². The van der Waals surface area contributed by atoms with Crippen LogP contribution >= 0.6 is 0 Å². The highest BCUT2D eigenvalue weighted by atomic mass is 16.7. The van der Waals surface area contributed by atoms with Gasteiger partial charge < -0.3 is 19.2 Å². The summed E-state index contributed by atoms with van der Waals surface area (Å²) in [7, 11) is 0. The van der Waals surface area contributed by atoms with Crippen molar-refractivity contribution in [3.8, 4) is 0 Å². The lowest BCUT2D eigenvalue weighted by molar-refractivity contribution is -0.126. The van der Waals surface area contributed by atoms with Gasteiger partial charge in [-0.25, -0.2) is 0 Å². The zero-order chi connectivity index (χ0) is 19.2. The van der Waals surface area contributed by atoms with Crippen molar-refractivity contribution >= 4 is 11.7 Å². The third-order valence-electron chi connectivity index (χ3n) is 5.03. The lowest BCUT2D eigenvalue weighted by atomic mass is 9.88. The van der Waals surface area contributed by atoms with Crippen molar-refractivity contribution in [1.29, 1.82) is 0 Å². The lowest BCUT2D eigenvalue weighted by Crippen LogP contribution is -2.45. The molecule has 0 radical (unpaired) electrons. The van der Waals surface area contributed by atoms with Crippen LogP contribution in [0, 0.1) is 11.8 Å². The van der Waals surface area contributed by atoms with E-state index in [9.17, 15) is 9.59 Å². The monoisotopic (exact) mass is 379 g/mol. The number of rotatable bonds is 8. The maximum absolute atomic E-state index is 12.9. The van der Waals surface area contributed by atoms with Crippen LogP contribution in [0.2, 0.25) is 0 Å². The average Bonchev–Trinajstić information content (AvgIpc) is 3.33. The first-order valence-corrected chi connectivity index (χ1v) is 9.93. The standard InChI is InChI=1S/C19H29N3O5/c1-12(2)10-14(20-18(24)13-6-4-3-5-7-13)17(23)19-22-21-15(27-19)11-16-25-8-9-26-16/h12-14,16H,3-11H2,1-2H3,(H,20,24)/t14-/m0/s1. The minimum absolute atomic E-state index is 0.00359. The van der Waals surface area contributed by atoms with E-state index in [0.29, 0.717) is 31.9 Å². The van der Waals surface area contributed by atoms with Crippen LogP contribution in [-0.4, -0.2) is 47.4 Å². The molecule has 0 spiro atoms. The van der Waals surface area contributed by atoms with Crippen LogP contribution < -0.4 is 5.32 Å². The predicted molar refractivity (Wildman–Crippen MR) is 96.0 cm³/mol. The molecule has 1 saturated carbocycles. The first-order valence-electron chi connectivity index (χ1n) is 9.93. The Morgan fingerprint density at radius 2 is 1.81 bits per heavy atom. The molecule has 0 bridgehead atoms. The summed E-state index contributed by atoms with van der Waals surface area (Å²) in [6.45, 7) is 5.10. The Bertz CT molecular complexity index is 633. The molecule has 1 N–H and O–H groups in total. The summed E-state index contributed by atoms with van der Waals surface area (Å²) in [6, 6.07) is -0.647. The van der Waals surface area contributed by atoms with Gasteiger partial charge in [0.05, 0.1) is 25.7 Å². The van der Waals surface area contributed by atoms with E-state index in [4.69, 9.17) is 13.9 Å². The molecule has 2 aliphatic rings. The summed E-state index contributed by atoms with van der Waals surface area (Å²) in [4.78, 5) is 25.5. The van der Waals surface area contributed by atoms with Crippen LogP contribution in [-0.2, 0) is 20.7 Å². The summed E-state index contributed by atoms with van der Waals surface area (Å²) in [5, 5.41) is 10.7. The highest BCUT2D eigenvalue weighted by molar-refractivity contribution is 5.98. The van der Waals surface area contributed by atoms with Gasteiger partial charge in [0, 0.05) is 5.92 Å². The predicted octanol–water partition coefficient (Wildman–Crippen LogP) is 2.28. The number of carbonyl (C=O) groups excluding carboxylic acids is 2. The number of hydrogen-bond acceptors (Lipinski definition) is 7. The second-order valence-corrected chi connectivity index (χ2v) is 7.77. The molecule has 1 atom stereocenters. The van der Waals surface area contributed by atoms with Gasteiger partial charge in [0.25, 0.3) is 5.89 Å². The second-order valence-electron chi connectivity index (χ2n) is 7.77. The summed E-state index contributed by atoms with van der Waals surface area (Å²) >= 11 is 0. The Balaban J connectivity index is 1.63. The van der Waals surface area contributed by atoms with Crippen LogP contribution in [0.4, 0.5) is 0 Å². The number of hydrogen-bond donors (Lipinski definition) is 1. The zero-order valence-corrected chi connectivity index (χ0v) is 16.1. The largest absolute Gasteiger partial charge is 0.418 e. The van der Waals surface area contributed by atoms with Gasteiger partial charge in [0.1, 0.15) is 0 Å². The number of nitrogens with one attached hydrogen (secondary N) is 1. The molecule has 1 saturated heterocycles. The quantitative estimate of drug-likeness (QED) is 0.691. The van der Waals surface area contributed by atoms with Crippen molar-refractivity contribution in [2.45, 2.75) is 71.1 Å². The van der Waals surface area contributed by atoms with E-state index in [1.54, 1.807) is 0 Å². The summed E-state index contributed by atoms with van der Waals surface area (Å²) in [5.74, 6) is 0.0928. The Morgan fingerprint density at radius 3 is 2.48 bits per heavy atom. The summed E-state index contributed by atoms with van der Waals surface area (Å²) in [5.41, 5.74) is 0. The molecule has 1 aromatic heterocycles. The van der Waals surface area contributed by atoms with Crippen LogP contribution in [0.1, 0.15) is 68.9 Å². The molecule has 3 rings (SSSR count). The summed E-state index contributed by atoms with van der Waals surface area (Å²) < 4.78 is 16.2. The van der Waals surface area contributed by atoms with Gasteiger partial charge in [0.15, 0.2) is 6.29 Å². The molecular weight excluding hydrogens is 350 g/mol. The van der Waals surface area contributed by atoms with E-state index >= 15 is 0 Å². The fourth-order valence-corrected chi connectivity index (χ4v) is 3.61. The number of Topliss-reactive ketones (excluding diaryl/α,β-unsaturated/α-hetero) is 1. The normalized spacial score (nSPS) is 20.1. The summed E-state index contributed by atoms with van der Waals surface area (Å²) in [6.07, 6.45) is 5.52. The Labute approximate surface area is 159 Å². The zero-order valence-electron chi connectivity index (χ0n) is 16.1. The molecule has 1 amide bonds. The lowest BCUT2D eigenvalue weighted by Gasteiger charge is -2.24. The second kappa shape index (κ2) is 9.41. The highest BCUT2D eigenvalue weighted by Crippen LogP contribution is 2.24. The highest BCUT2D eigenvalue weighted by Gasteiger charge is 2.31. The van der Waals surface area contributed by atoms with Gasteiger partial charge in [0.2, 0.25) is 17.6 Å². The van der Waals surface area contributed by atoms with Crippen molar-refractivity contribution in [1.82, 2.24) is 15.5 Å². The third kappa shape index (κ3) is 5.59. The van der Waals surface area contributed by atoms with Gasteiger partial charge in [-0.2, -0.15) is 0 Å². The molecule has 1 aliphatic carbocycles. The van der Waals surface area contributed by atoms with Crippen molar-refractivity contribution in [2.75, 3.05) is 13.2 Å². The number of nitrogens with zero attached hydrogens (tertiary/aromatic N) is 2. The van der Waals surface area contributed by atoms with E-state index < -0.39 is 12.3 Å². The van der Waals surface area contributed by atoms with Gasteiger partial charge in [-0.15, -0.1) is 10.2 Å². The molecular formula is C19H29N3O5. The molecule has 0 unspecified atom stereocenters.